The Morgan fingerprint density at radius 2 is 1.62 bits per heavy atom. The average Bonchev–Trinajstić information content (AvgIpc) is 3.36. The minimum Gasteiger partial charge on any atom is -0.481 e. The first-order valence-corrected chi connectivity index (χ1v) is 13.5. The zero-order chi connectivity index (χ0) is 28.1. The summed E-state index contributed by atoms with van der Waals surface area (Å²) in [6, 6.07) is 8.09. The van der Waals surface area contributed by atoms with Crippen molar-refractivity contribution < 1.29 is 28.7 Å². The topological polar surface area (TPSA) is 119 Å². The summed E-state index contributed by atoms with van der Waals surface area (Å²) in [7, 11) is 0. The summed E-state index contributed by atoms with van der Waals surface area (Å²) in [5, 5.41) is 15.5. The van der Waals surface area contributed by atoms with Crippen molar-refractivity contribution in [2.24, 2.45) is 5.92 Å². The van der Waals surface area contributed by atoms with Gasteiger partial charge in [0, 0.05) is 30.4 Å². The Hall–Kier alpha value is -3.37. The fourth-order valence-electron chi connectivity index (χ4n) is 5.18. The fraction of sp³-hybridized carbons (Fsp3) is 0.407. The molecular formula is C27H29Cl2FN4O5. The van der Waals surface area contributed by atoms with Crippen LogP contribution >= 0.6 is 23.2 Å². The molecule has 3 N–H and O–H groups in total. The van der Waals surface area contributed by atoms with E-state index in [1.807, 2.05) is 0 Å². The predicted molar refractivity (Wildman–Crippen MR) is 144 cm³/mol. The van der Waals surface area contributed by atoms with E-state index in [1.54, 1.807) is 6.07 Å². The lowest BCUT2D eigenvalue weighted by Crippen LogP contribution is -2.57. The summed E-state index contributed by atoms with van der Waals surface area (Å²) in [6.45, 7) is 0.0708. The van der Waals surface area contributed by atoms with Crippen LogP contribution in [0.2, 0.25) is 10.0 Å². The number of urea groups is 1. The van der Waals surface area contributed by atoms with Crippen LogP contribution in [0.15, 0.2) is 42.5 Å². The molecule has 1 aliphatic heterocycles. The van der Waals surface area contributed by atoms with E-state index in [0.717, 1.165) is 44.2 Å². The van der Waals surface area contributed by atoms with Crippen LogP contribution in [0, 0.1) is 11.7 Å². The Kier molecular flexibility index (Phi) is 9.29. The molecule has 4 rings (SSSR count). The Morgan fingerprint density at radius 1 is 0.949 bits per heavy atom. The number of carboxylic acids is 1. The molecule has 1 aliphatic carbocycles. The summed E-state index contributed by atoms with van der Waals surface area (Å²) in [5.74, 6) is -2.82. The third-order valence-corrected chi connectivity index (χ3v) is 7.87. The second-order valence-electron chi connectivity index (χ2n) is 9.74. The molecule has 0 aromatic heterocycles. The van der Waals surface area contributed by atoms with Gasteiger partial charge in [-0.05, 0) is 61.2 Å². The molecule has 1 saturated carbocycles. The van der Waals surface area contributed by atoms with Crippen LogP contribution in [-0.4, -0.2) is 64.0 Å². The molecule has 9 nitrogen and oxygen atoms in total. The van der Waals surface area contributed by atoms with Gasteiger partial charge in [-0.3, -0.25) is 19.3 Å². The number of hydrogen-bond acceptors (Lipinski definition) is 4. The van der Waals surface area contributed by atoms with Crippen molar-refractivity contribution in [2.75, 3.05) is 18.4 Å². The molecule has 2 fully saturated rings. The summed E-state index contributed by atoms with van der Waals surface area (Å²) in [5.41, 5.74) is 0.484. The fourth-order valence-corrected chi connectivity index (χ4v) is 5.48. The summed E-state index contributed by atoms with van der Waals surface area (Å²) in [4.78, 5) is 54.5. The minimum absolute atomic E-state index is 0.0278. The lowest BCUT2D eigenvalue weighted by molar-refractivity contribution is -0.138. The van der Waals surface area contributed by atoms with Crippen molar-refractivity contribution in [1.82, 2.24) is 15.1 Å². The number of hydrogen-bond donors (Lipinski definition) is 3. The van der Waals surface area contributed by atoms with Gasteiger partial charge in [-0.1, -0.05) is 42.5 Å². The molecule has 1 saturated heterocycles. The molecule has 39 heavy (non-hydrogen) atoms. The van der Waals surface area contributed by atoms with Crippen molar-refractivity contribution >= 4 is 52.7 Å². The first kappa shape index (κ1) is 28.6. The SMILES string of the molecule is O=C(O)CC(NC(=O)C1N(C(=O)Nc2ccc(Cl)c(Cl)c2)CCN1C(=O)c1ccc(F)cc1)C1CCCCC1. The van der Waals surface area contributed by atoms with Crippen molar-refractivity contribution in [3.63, 3.8) is 0 Å². The molecule has 2 aliphatic rings. The zero-order valence-electron chi connectivity index (χ0n) is 21.0. The normalized spacial score (nSPS) is 18.5. The third kappa shape index (κ3) is 6.99. The number of carbonyl (C=O) groups excluding carboxylic acids is 3. The quantitative estimate of drug-likeness (QED) is 0.427. The number of rotatable bonds is 7. The van der Waals surface area contributed by atoms with E-state index in [2.05, 4.69) is 10.6 Å². The Balaban J connectivity index is 1.60. The highest BCUT2D eigenvalue weighted by Gasteiger charge is 2.44. The van der Waals surface area contributed by atoms with E-state index in [9.17, 15) is 28.7 Å². The van der Waals surface area contributed by atoms with E-state index < -0.39 is 41.8 Å². The second kappa shape index (κ2) is 12.7. The van der Waals surface area contributed by atoms with Crippen LogP contribution in [0.5, 0.6) is 0 Å². The van der Waals surface area contributed by atoms with Crippen molar-refractivity contribution in [2.45, 2.75) is 50.7 Å². The lowest BCUT2D eigenvalue weighted by atomic mass is 9.82. The van der Waals surface area contributed by atoms with Gasteiger partial charge in [-0.2, -0.15) is 0 Å². The van der Waals surface area contributed by atoms with Gasteiger partial charge in [0.2, 0.25) is 0 Å². The zero-order valence-corrected chi connectivity index (χ0v) is 22.6. The molecule has 0 spiro atoms. The number of carbonyl (C=O) groups is 4. The van der Waals surface area contributed by atoms with Crippen molar-refractivity contribution in [3.05, 3.63) is 63.9 Å². The Labute approximate surface area is 235 Å². The van der Waals surface area contributed by atoms with Gasteiger partial charge < -0.3 is 20.6 Å². The first-order valence-electron chi connectivity index (χ1n) is 12.8. The van der Waals surface area contributed by atoms with Crippen LogP contribution in [0.4, 0.5) is 14.9 Å². The summed E-state index contributed by atoms with van der Waals surface area (Å²) >= 11 is 12.0. The number of amides is 4. The Morgan fingerprint density at radius 3 is 2.26 bits per heavy atom. The van der Waals surface area contributed by atoms with Gasteiger partial charge in [0.1, 0.15) is 5.82 Å². The number of benzene rings is 2. The lowest BCUT2D eigenvalue weighted by Gasteiger charge is -2.34. The van der Waals surface area contributed by atoms with Crippen LogP contribution in [0.25, 0.3) is 0 Å². The molecule has 4 amide bonds. The molecular weight excluding hydrogens is 550 g/mol. The number of nitrogens with one attached hydrogen (secondary N) is 2. The van der Waals surface area contributed by atoms with E-state index in [0.29, 0.717) is 10.7 Å². The highest BCUT2D eigenvalue weighted by Crippen LogP contribution is 2.29. The maximum atomic E-state index is 13.7. The van der Waals surface area contributed by atoms with Crippen LogP contribution in [0.1, 0.15) is 48.9 Å². The smallest absolute Gasteiger partial charge is 0.323 e. The van der Waals surface area contributed by atoms with Crippen LogP contribution in [0.3, 0.4) is 0 Å². The second-order valence-corrected chi connectivity index (χ2v) is 10.6. The maximum Gasteiger partial charge on any atom is 0.323 e. The Bertz CT molecular complexity index is 1240. The van der Waals surface area contributed by atoms with Gasteiger partial charge in [0.15, 0.2) is 6.17 Å². The molecule has 208 valence electrons. The molecule has 1 heterocycles. The van der Waals surface area contributed by atoms with E-state index >= 15 is 0 Å². The van der Waals surface area contributed by atoms with Crippen molar-refractivity contribution in [3.8, 4) is 0 Å². The molecule has 2 atom stereocenters. The standard InChI is InChI=1S/C27H29Cl2FN4O5/c28-20-11-10-19(14-21(20)29)31-27(39)34-13-12-33(26(38)17-6-8-18(30)9-7-17)25(34)24(37)32-22(15-23(35)36)16-4-2-1-3-5-16/h6-11,14,16,22,25H,1-5,12-13,15H2,(H,31,39)(H,32,37)(H,35,36). The number of carboxylic acid groups (broad SMARTS) is 1. The van der Waals surface area contributed by atoms with Gasteiger partial charge in [0.25, 0.3) is 11.8 Å². The van der Waals surface area contributed by atoms with Gasteiger partial charge in [-0.15, -0.1) is 0 Å². The average molecular weight is 579 g/mol. The van der Waals surface area contributed by atoms with Crippen LogP contribution < -0.4 is 10.6 Å². The number of halogens is 3. The maximum absolute atomic E-state index is 13.7. The number of aliphatic carboxylic acids is 1. The summed E-state index contributed by atoms with van der Waals surface area (Å²) < 4.78 is 13.5. The molecule has 2 unspecified atom stereocenters. The monoisotopic (exact) mass is 578 g/mol. The van der Waals surface area contributed by atoms with Gasteiger partial charge in [-0.25, -0.2) is 9.18 Å². The molecule has 2 aromatic carbocycles. The van der Waals surface area contributed by atoms with E-state index in [1.165, 1.54) is 34.1 Å². The molecule has 12 heteroatoms. The largest absolute Gasteiger partial charge is 0.481 e. The highest BCUT2D eigenvalue weighted by molar-refractivity contribution is 6.42. The highest BCUT2D eigenvalue weighted by atomic mass is 35.5. The molecule has 0 radical (unpaired) electrons. The van der Waals surface area contributed by atoms with Gasteiger partial charge >= 0.3 is 12.0 Å². The molecule has 2 aromatic rings. The first-order chi connectivity index (χ1) is 18.6. The minimum atomic E-state index is -1.36. The van der Waals surface area contributed by atoms with E-state index in [4.69, 9.17) is 23.2 Å². The van der Waals surface area contributed by atoms with Crippen molar-refractivity contribution in [1.29, 1.82) is 0 Å². The van der Waals surface area contributed by atoms with Crippen LogP contribution in [-0.2, 0) is 9.59 Å². The number of nitrogens with zero attached hydrogens (tertiary/aromatic N) is 2. The molecule has 0 bridgehead atoms. The predicted octanol–water partition coefficient (Wildman–Crippen LogP) is 4.99. The van der Waals surface area contributed by atoms with Gasteiger partial charge in [0.05, 0.1) is 16.5 Å². The summed E-state index contributed by atoms with van der Waals surface area (Å²) in [6.07, 6.45) is 2.86. The van der Waals surface area contributed by atoms with E-state index in [-0.39, 0.29) is 36.0 Å². The number of anilines is 1. The third-order valence-electron chi connectivity index (χ3n) is 7.13.